The van der Waals surface area contributed by atoms with Crippen LogP contribution in [-0.2, 0) is 16.1 Å². The maximum Gasteiger partial charge on any atom is 0.158 e. The van der Waals surface area contributed by atoms with Gasteiger partial charge in [0.05, 0.1) is 5.39 Å². The molecule has 2 heterocycles. The van der Waals surface area contributed by atoms with Crippen molar-refractivity contribution in [3.8, 4) is 0 Å². The third-order valence-electron chi connectivity index (χ3n) is 2.81. The van der Waals surface area contributed by atoms with E-state index in [-0.39, 0.29) is 6.79 Å². The van der Waals surface area contributed by atoms with Crippen LogP contribution < -0.4 is 5.32 Å². The predicted molar refractivity (Wildman–Crippen MR) is 67.2 cm³/mol. The van der Waals surface area contributed by atoms with Crippen molar-refractivity contribution in [3.63, 3.8) is 0 Å². The van der Waals surface area contributed by atoms with Gasteiger partial charge in [-0.1, -0.05) is 0 Å². The van der Waals surface area contributed by atoms with E-state index in [0.717, 1.165) is 16.9 Å². The van der Waals surface area contributed by atoms with Gasteiger partial charge in [-0.2, -0.15) is 0 Å². The fraction of sp³-hybridized carbons (Fsp3) is 0.500. The molecule has 0 spiro atoms. The number of nitrogens with zero attached hydrogens (tertiary/aromatic N) is 2. The molecule has 0 aliphatic heterocycles. The van der Waals surface area contributed by atoms with Crippen molar-refractivity contribution in [2.45, 2.75) is 25.5 Å². The lowest BCUT2D eigenvalue weighted by Gasteiger charge is -2.08. The van der Waals surface area contributed by atoms with E-state index < -0.39 is 0 Å². The van der Waals surface area contributed by atoms with E-state index in [9.17, 15) is 0 Å². The molecule has 96 valence electrons. The first-order chi connectivity index (χ1) is 8.86. The summed E-state index contributed by atoms with van der Waals surface area (Å²) in [5.41, 5.74) is 0.837. The summed E-state index contributed by atoms with van der Waals surface area (Å²) in [5, 5.41) is 4.44. The lowest BCUT2D eigenvalue weighted by Crippen LogP contribution is -2.08. The molecular formula is C12H16N4O2. The van der Waals surface area contributed by atoms with Crippen LogP contribution in [0, 0.1) is 0 Å². The van der Waals surface area contributed by atoms with Crippen molar-refractivity contribution in [1.29, 1.82) is 0 Å². The third kappa shape index (κ3) is 2.44. The van der Waals surface area contributed by atoms with E-state index in [1.54, 1.807) is 7.11 Å². The lowest BCUT2D eigenvalue weighted by atomic mass is 10.3. The van der Waals surface area contributed by atoms with E-state index in [2.05, 4.69) is 20.3 Å². The molecule has 1 aliphatic rings. The summed E-state index contributed by atoms with van der Waals surface area (Å²) < 4.78 is 10.1. The van der Waals surface area contributed by atoms with Gasteiger partial charge in [0.25, 0.3) is 0 Å². The molecule has 0 amide bonds. The summed E-state index contributed by atoms with van der Waals surface area (Å²) in [7, 11) is 1.59. The molecular weight excluding hydrogens is 232 g/mol. The van der Waals surface area contributed by atoms with E-state index in [1.807, 2.05) is 12.3 Å². The lowest BCUT2D eigenvalue weighted by molar-refractivity contribution is -0.0411. The summed E-state index contributed by atoms with van der Waals surface area (Å²) in [6.45, 7) is 0.597. The van der Waals surface area contributed by atoms with Crippen LogP contribution in [0.3, 0.4) is 0 Å². The molecule has 3 rings (SSSR count). The van der Waals surface area contributed by atoms with Gasteiger partial charge < -0.3 is 19.8 Å². The molecule has 1 saturated carbocycles. The Kier molecular flexibility index (Phi) is 3.12. The van der Waals surface area contributed by atoms with Gasteiger partial charge in [0.2, 0.25) is 0 Å². The number of aromatic nitrogens is 3. The molecule has 0 radical (unpaired) electrons. The molecule has 2 N–H and O–H groups in total. The molecule has 0 saturated heterocycles. The number of methoxy groups -OCH3 is 1. The van der Waals surface area contributed by atoms with Gasteiger partial charge >= 0.3 is 0 Å². The molecule has 18 heavy (non-hydrogen) atoms. The fourth-order valence-corrected chi connectivity index (χ4v) is 1.80. The minimum absolute atomic E-state index is 0.248. The van der Waals surface area contributed by atoms with E-state index >= 15 is 0 Å². The van der Waals surface area contributed by atoms with Crippen LogP contribution in [-0.4, -0.2) is 34.9 Å². The maximum absolute atomic E-state index is 5.28. The molecule has 0 aromatic carbocycles. The van der Waals surface area contributed by atoms with Gasteiger partial charge in [-0.05, 0) is 18.9 Å². The average Bonchev–Trinajstić information content (AvgIpc) is 3.05. The van der Waals surface area contributed by atoms with Crippen LogP contribution in [0.5, 0.6) is 0 Å². The molecule has 0 bridgehead atoms. The standard InChI is InChI=1S/C12H16N4O2/c1-17-7-18-6-10-15-11-9(4-5-13-11)12(16-10)14-8-2-3-8/h4-5,8H,2-3,6-7H2,1H3,(H2,13,14,15,16). The summed E-state index contributed by atoms with van der Waals surface area (Å²) in [4.78, 5) is 12.0. The van der Waals surface area contributed by atoms with Gasteiger partial charge in [-0.25, -0.2) is 9.97 Å². The van der Waals surface area contributed by atoms with Gasteiger partial charge in [0.15, 0.2) is 5.82 Å². The third-order valence-corrected chi connectivity index (χ3v) is 2.81. The van der Waals surface area contributed by atoms with Crippen LogP contribution in [0.1, 0.15) is 18.7 Å². The van der Waals surface area contributed by atoms with Crippen molar-refractivity contribution in [2.75, 3.05) is 19.2 Å². The largest absolute Gasteiger partial charge is 0.367 e. The summed E-state index contributed by atoms with van der Waals surface area (Å²) in [5.74, 6) is 1.55. The monoisotopic (exact) mass is 248 g/mol. The number of H-pyrrole nitrogens is 1. The minimum atomic E-state index is 0.248. The normalized spacial score (nSPS) is 15.2. The molecule has 2 aromatic rings. The second kappa shape index (κ2) is 4.91. The van der Waals surface area contributed by atoms with Crippen molar-refractivity contribution >= 4 is 16.9 Å². The van der Waals surface area contributed by atoms with Gasteiger partial charge in [0, 0.05) is 19.3 Å². The predicted octanol–water partition coefficient (Wildman–Crippen LogP) is 1.65. The topological polar surface area (TPSA) is 72.1 Å². The molecule has 6 heteroatoms. The molecule has 1 aliphatic carbocycles. The Labute approximate surface area is 105 Å². The van der Waals surface area contributed by atoms with Crippen molar-refractivity contribution < 1.29 is 9.47 Å². The first-order valence-corrected chi connectivity index (χ1v) is 6.04. The summed E-state index contributed by atoms with van der Waals surface area (Å²) in [6, 6.07) is 2.55. The molecule has 0 unspecified atom stereocenters. The van der Waals surface area contributed by atoms with Crippen LogP contribution >= 0.6 is 0 Å². The number of aromatic amines is 1. The fourth-order valence-electron chi connectivity index (χ4n) is 1.80. The Bertz CT molecular complexity index is 536. The van der Waals surface area contributed by atoms with Crippen LogP contribution in [0.2, 0.25) is 0 Å². The SMILES string of the molecule is COCOCc1nc(NC2CC2)c2cc[nH]c2n1. The zero-order valence-corrected chi connectivity index (χ0v) is 10.3. The van der Waals surface area contributed by atoms with Crippen molar-refractivity contribution in [2.24, 2.45) is 0 Å². The number of ether oxygens (including phenoxy) is 2. The number of nitrogens with one attached hydrogen (secondary N) is 2. The second-order valence-electron chi connectivity index (χ2n) is 4.40. The Hall–Kier alpha value is -1.66. The number of rotatable bonds is 6. The highest BCUT2D eigenvalue weighted by atomic mass is 16.7. The molecule has 6 nitrogen and oxygen atoms in total. The number of anilines is 1. The van der Waals surface area contributed by atoms with E-state index in [0.29, 0.717) is 18.5 Å². The van der Waals surface area contributed by atoms with Gasteiger partial charge in [-0.15, -0.1) is 0 Å². The maximum atomic E-state index is 5.28. The Morgan fingerprint density at radius 1 is 1.44 bits per heavy atom. The number of fused-ring (bicyclic) bond motifs is 1. The number of hydrogen-bond acceptors (Lipinski definition) is 5. The first-order valence-electron chi connectivity index (χ1n) is 6.04. The molecule has 2 aromatic heterocycles. The average molecular weight is 248 g/mol. The minimum Gasteiger partial charge on any atom is -0.367 e. The van der Waals surface area contributed by atoms with E-state index in [4.69, 9.17) is 9.47 Å². The van der Waals surface area contributed by atoms with Crippen LogP contribution in [0.4, 0.5) is 5.82 Å². The Morgan fingerprint density at radius 2 is 2.33 bits per heavy atom. The van der Waals surface area contributed by atoms with Crippen LogP contribution in [0.15, 0.2) is 12.3 Å². The zero-order chi connectivity index (χ0) is 12.4. The summed E-state index contributed by atoms with van der Waals surface area (Å²) >= 11 is 0. The highest BCUT2D eigenvalue weighted by Crippen LogP contribution is 2.27. The Morgan fingerprint density at radius 3 is 3.11 bits per heavy atom. The highest BCUT2D eigenvalue weighted by molar-refractivity contribution is 5.87. The van der Waals surface area contributed by atoms with E-state index in [1.165, 1.54) is 12.8 Å². The number of hydrogen-bond donors (Lipinski definition) is 2. The molecule has 1 fully saturated rings. The zero-order valence-electron chi connectivity index (χ0n) is 10.3. The van der Waals surface area contributed by atoms with Gasteiger partial charge in [-0.3, -0.25) is 0 Å². The van der Waals surface area contributed by atoms with Crippen molar-refractivity contribution in [3.05, 3.63) is 18.1 Å². The van der Waals surface area contributed by atoms with Gasteiger partial charge in [0.1, 0.15) is 24.9 Å². The highest BCUT2D eigenvalue weighted by Gasteiger charge is 2.22. The summed E-state index contributed by atoms with van der Waals surface area (Å²) in [6.07, 6.45) is 4.30. The smallest absolute Gasteiger partial charge is 0.158 e. The quantitative estimate of drug-likeness (QED) is 0.600. The van der Waals surface area contributed by atoms with Crippen LogP contribution in [0.25, 0.3) is 11.0 Å². The Balaban J connectivity index is 1.84. The first kappa shape index (κ1) is 11.4. The van der Waals surface area contributed by atoms with Crippen molar-refractivity contribution in [1.82, 2.24) is 15.0 Å². The molecule has 0 atom stereocenters. The second-order valence-corrected chi connectivity index (χ2v) is 4.40.